The fourth-order valence-electron chi connectivity index (χ4n) is 1.79. The van der Waals surface area contributed by atoms with Crippen molar-refractivity contribution in [2.75, 3.05) is 6.54 Å². The highest BCUT2D eigenvalue weighted by molar-refractivity contribution is 5.87. The Morgan fingerprint density at radius 2 is 1.82 bits per heavy atom. The third-order valence-electron chi connectivity index (χ3n) is 2.95. The number of hydrogen-bond donors (Lipinski definition) is 3. The summed E-state index contributed by atoms with van der Waals surface area (Å²) >= 11 is 0. The zero-order chi connectivity index (χ0) is 16.0. The zero-order valence-corrected chi connectivity index (χ0v) is 12.5. The van der Waals surface area contributed by atoms with E-state index >= 15 is 0 Å². The first-order valence-electron chi connectivity index (χ1n) is 7.33. The van der Waals surface area contributed by atoms with Crippen molar-refractivity contribution in [2.45, 2.75) is 25.7 Å². The number of amides is 2. The Balaban J connectivity index is 2.09. The summed E-state index contributed by atoms with van der Waals surface area (Å²) < 4.78 is 0. The molecule has 5 nitrogen and oxygen atoms in total. The van der Waals surface area contributed by atoms with Crippen LogP contribution in [0.2, 0.25) is 0 Å². The fraction of sp³-hybridized carbons (Fsp3) is 0.294. The molecule has 0 bridgehead atoms. The van der Waals surface area contributed by atoms with Gasteiger partial charge < -0.3 is 5.32 Å². The first-order valence-corrected chi connectivity index (χ1v) is 7.33. The van der Waals surface area contributed by atoms with Crippen LogP contribution in [0.15, 0.2) is 48.6 Å². The standard InChI is InChI=1S/C17H22N2O3/c20-16(18-14-8-2-5-13-17(21)19-22)12-7-6-11-15-9-3-1-4-10-15/h1,3-4,6-7,9-12,22H,2,5,8,13-14H2,(H,18,20)(H,19,21). The predicted molar refractivity (Wildman–Crippen MR) is 86.0 cm³/mol. The van der Waals surface area contributed by atoms with Gasteiger partial charge in [-0.3, -0.25) is 14.8 Å². The molecule has 0 aliphatic carbocycles. The van der Waals surface area contributed by atoms with Gasteiger partial charge in [0.2, 0.25) is 11.8 Å². The average molecular weight is 302 g/mol. The highest BCUT2D eigenvalue weighted by Gasteiger charge is 1.98. The molecule has 0 aliphatic rings. The lowest BCUT2D eigenvalue weighted by Gasteiger charge is -2.02. The van der Waals surface area contributed by atoms with Crippen LogP contribution in [0.5, 0.6) is 0 Å². The quantitative estimate of drug-likeness (QED) is 0.215. The highest BCUT2D eigenvalue weighted by atomic mass is 16.5. The average Bonchev–Trinajstić information content (AvgIpc) is 2.55. The van der Waals surface area contributed by atoms with Gasteiger partial charge in [0.1, 0.15) is 0 Å². The predicted octanol–water partition coefficient (Wildman–Crippen LogP) is 2.44. The second-order valence-electron chi connectivity index (χ2n) is 4.77. The number of rotatable bonds is 9. The fourth-order valence-corrected chi connectivity index (χ4v) is 1.79. The number of hydroxylamine groups is 1. The Labute approximate surface area is 130 Å². The van der Waals surface area contributed by atoms with E-state index in [0.717, 1.165) is 18.4 Å². The number of unbranched alkanes of at least 4 members (excludes halogenated alkanes) is 2. The van der Waals surface area contributed by atoms with E-state index in [-0.39, 0.29) is 11.8 Å². The van der Waals surface area contributed by atoms with Crippen molar-refractivity contribution in [3.63, 3.8) is 0 Å². The van der Waals surface area contributed by atoms with E-state index in [2.05, 4.69) is 5.32 Å². The summed E-state index contributed by atoms with van der Waals surface area (Å²) in [5.74, 6) is -0.511. The number of carbonyl (C=O) groups excluding carboxylic acids is 2. The number of hydrogen-bond acceptors (Lipinski definition) is 3. The van der Waals surface area contributed by atoms with E-state index in [0.29, 0.717) is 19.4 Å². The van der Waals surface area contributed by atoms with Crippen LogP contribution in [0.3, 0.4) is 0 Å². The normalized spacial score (nSPS) is 11.0. The van der Waals surface area contributed by atoms with E-state index in [1.807, 2.05) is 42.5 Å². The van der Waals surface area contributed by atoms with E-state index in [9.17, 15) is 9.59 Å². The van der Waals surface area contributed by atoms with Crippen molar-refractivity contribution < 1.29 is 14.8 Å². The minimum Gasteiger partial charge on any atom is -0.353 e. The molecule has 0 aliphatic heterocycles. The smallest absolute Gasteiger partial charge is 0.243 e. The molecule has 3 N–H and O–H groups in total. The summed E-state index contributed by atoms with van der Waals surface area (Å²) in [6.07, 6.45) is 9.56. The summed E-state index contributed by atoms with van der Waals surface area (Å²) in [5, 5.41) is 11.1. The Hall–Kier alpha value is -2.40. The molecule has 118 valence electrons. The van der Waals surface area contributed by atoms with Gasteiger partial charge >= 0.3 is 0 Å². The Kier molecular flexibility index (Phi) is 9.05. The first-order chi connectivity index (χ1) is 10.7. The lowest BCUT2D eigenvalue weighted by Crippen LogP contribution is -2.22. The molecule has 0 heterocycles. The molecule has 2 amide bonds. The van der Waals surface area contributed by atoms with Gasteiger partial charge in [-0.25, -0.2) is 5.48 Å². The lowest BCUT2D eigenvalue weighted by atomic mass is 10.2. The Bertz CT molecular complexity index is 510. The van der Waals surface area contributed by atoms with Gasteiger partial charge in [0, 0.05) is 19.0 Å². The van der Waals surface area contributed by atoms with E-state index in [1.165, 1.54) is 6.08 Å². The topological polar surface area (TPSA) is 78.4 Å². The summed E-state index contributed by atoms with van der Waals surface area (Å²) in [6, 6.07) is 9.85. The third-order valence-corrected chi connectivity index (χ3v) is 2.95. The van der Waals surface area contributed by atoms with Gasteiger partial charge in [-0.2, -0.15) is 0 Å². The van der Waals surface area contributed by atoms with Crippen LogP contribution in [-0.2, 0) is 9.59 Å². The molecule has 0 radical (unpaired) electrons. The van der Waals surface area contributed by atoms with Crippen LogP contribution in [0.25, 0.3) is 6.08 Å². The largest absolute Gasteiger partial charge is 0.353 e. The van der Waals surface area contributed by atoms with Gasteiger partial charge in [0.15, 0.2) is 0 Å². The minimum absolute atomic E-state index is 0.134. The number of nitrogens with one attached hydrogen (secondary N) is 2. The van der Waals surface area contributed by atoms with Gasteiger partial charge in [-0.05, 0) is 18.4 Å². The first kappa shape index (κ1) is 17.7. The highest BCUT2D eigenvalue weighted by Crippen LogP contribution is 2.01. The second kappa shape index (κ2) is 11.3. The zero-order valence-electron chi connectivity index (χ0n) is 12.5. The number of carbonyl (C=O) groups is 2. The molecule has 0 fully saturated rings. The van der Waals surface area contributed by atoms with E-state index in [4.69, 9.17) is 5.21 Å². The minimum atomic E-state index is -0.378. The Morgan fingerprint density at radius 3 is 2.55 bits per heavy atom. The maximum absolute atomic E-state index is 11.5. The molecule has 0 atom stereocenters. The SMILES string of the molecule is O=C(C=CC=Cc1ccccc1)NCCCCCC(=O)NO. The van der Waals surface area contributed by atoms with Crippen LogP contribution < -0.4 is 10.8 Å². The monoisotopic (exact) mass is 302 g/mol. The summed E-state index contributed by atoms with van der Waals surface area (Å²) in [4.78, 5) is 22.3. The van der Waals surface area contributed by atoms with E-state index < -0.39 is 0 Å². The molecule has 0 saturated carbocycles. The van der Waals surface area contributed by atoms with Crippen molar-refractivity contribution in [3.05, 3.63) is 54.1 Å². The van der Waals surface area contributed by atoms with Crippen LogP contribution in [0, 0.1) is 0 Å². The molecule has 0 spiro atoms. The number of benzene rings is 1. The maximum Gasteiger partial charge on any atom is 0.243 e. The van der Waals surface area contributed by atoms with Gasteiger partial charge in [-0.1, -0.05) is 55.0 Å². The van der Waals surface area contributed by atoms with Crippen LogP contribution in [0.4, 0.5) is 0 Å². The molecule has 1 aromatic rings. The molecular weight excluding hydrogens is 280 g/mol. The molecule has 0 unspecified atom stereocenters. The van der Waals surface area contributed by atoms with Crippen molar-refractivity contribution in [1.82, 2.24) is 10.8 Å². The van der Waals surface area contributed by atoms with Crippen molar-refractivity contribution in [1.29, 1.82) is 0 Å². The van der Waals surface area contributed by atoms with Gasteiger partial charge in [-0.15, -0.1) is 0 Å². The molecule has 1 rings (SSSR count). The molecule has 22 heavy (non-hydrogen) atoms. The second-order valence-corrected chi connectivity index (χ2v) is 4.77. The van der Waals surface area contributed by atoms with Crippen LogP contribution >= 0.6 is 0 Å². The van der Waals surface area contributed by atoms with Crippen molar-refractivity contribution in [2.24, 2.45) is 0 Å². The molecule has 0 aromatic heterocycles. The van der Waals surface area contributed by atoms with Gasteiger partial charge in [0.05, 0.1) is 0 Å². The summed E-state index contributed by atoms with van der Waals surface area (Å²) in [6.45, 7) is 0.576. The van der Waals surface area contributed by atoms with Crippen LogP contribution in [0.1, 0.15) is 31.2 Å². The lowest BCUT2D eigenvalue weighted by molar-refractivity contribution is -0.129. The maximum atomic E-state index is 11.5. The summed E-state index contributed by atoms with van der Waals surface area (Å²) in [5.41, 5.74) is 2.67. The third kappa shape index (κ3) is 8.71. The molecule has 1 aromatic carbocycles. The summed E-state index contributed by atoms with van der Waals surface area (Å²) in [7, 11) is 0. The van der Waals surface area contributed by atoms with Gasteiger partial charge in [0.25, 0.3) is 0 Å². The van der Waals surface area contributed by atoms with Crippen molar-refractivity contribution in [3.8, 4) is 0 Å². The van der Waals surface area contributed by atoms with Crippen molar-refractivity contribution >= 4 is 17.9 Å². The molecule has 5 heteroatoms. The molecular formula is C17H22N2O3. The van der Waals surface area contributed by atoms with E-state index in [1.54, 1.807) is 11.6 Å². The molecule has 0 saturated heterocycles. The Morgan fingerprint density at radius 1 is 1.05 bits per heavy atom. The van der Waals surface area contributed by atoms with Crippen LogP contribution in [-0.4, -0.2) is 23.6 Å². The number of allylic oxidation sites excluding steroid dienone is 2.